The number of hydrogen-bond acceptors (Lipinski definition) is 7. The van der Waals surface area contributed by atoms with Crippen molar-refractivity contribution in [3.63, 3.8) is 0 Å². The van der Waals surface area contributed by atoms with Crippen LogP contribution in [-0.4, -0.2) is 43.0 Å². The van der Waals surface area contributed by atoms with Gasteiger partial charge in [-0.3, -0.25) is 15.0 Å². The largest absolute Gasteiger partial charge is 0.457 e. The predicted octanol–water partition coefficient (Wildman–Crippen LogP) is 1.95. The van der Waals surface area contributed by atoms with Crippen molar-refractivity contribution in [1.29, 1.82) is 0 Å². The minimum atomic E-state index is -3.59. The number of carbonyl (C=O) groups excluding carboxylic acids is 1. The minimum Gasteiger partial charge on any atom is -0.457 e. The van der Waals surface area contributed by atoms with Crippen molar-refractivity contribution in [2.75, 3.05) is 12.4 Å². The molecule has 9 heteroatoms. The number of nitrogens with one attached hydrogen (secondary N) is 1. The van der Waals surface area contributed by atoms with E-state index in [1.807, 2.05) is 0 Å². The number of aromatic nitrogens is 1. The number of pyridine rings is 1. The van der Waals surface area contributed by atoms with E-state index in [4.69, 9.17) is 14.7 Å². The molecule has 1 aromatic carbocycles. The van der Waals surface area contributed by atoms with Gasteiger partial charge in [-0.05, 0) is 49.2 Å². The lowest BCUT2D eigenvalue weighted by Gasteiger charge is -2.28. The molecule has 0 bridgehead atoms. The summed E-state index contributed by atoms with van der Waals surface area (Å²) >= 11 is 0. The van der Waals surface area contributed by atoms with Gasteiger partial charge in [0.15, 0.2) is 9.84 Å². The van der Waals surface area contributed by atoms with Crippen LogP contribution >= 0.6 is 0 Å². The number of ether oxygens (including phenoxy) is 2. The van der Waals surface area contributed by atoms with E-state index in [0.717, 1.165) is 0 Å². The number of hydrogen-bond donors (Lipinski definition) is 2. The minimum absolute atomic E-state index is 0.155. The molecular weight excluding hydrogens is 372 g/mol. The summed E-state index contributed by atoms with van der Waals surface area (Å²) in [6.45, 7) is 0.275. The van der Waals surface area contributed by atoms with Crippen LogP contribution < -0.4 is 10.2 Å². The Balaban J connectivity index is 1.65. The Labute approximate surface area is 157 Å². The number of benzene rings is 1. The topological polar surface area (TPSA) is 115 Å². The van der Waals surface area contributed by atoms with Crippen molar-refractivity contribution < 1.29 is 27.9 Å². The number of sulfone groups is 1. The van der Waals surface area contributed by atoms with E-state index < -0.39 is 27.8 Å². The summed E-state index contributed by atoms with van der Waals surface area (Å²) in [5, 5.41) is 8.74. The lowest BCUT2D eigenvalue weighted by molar-refractivity contribution is -0.138. The summed E-state index contributed by atoms with van der Waals surface area (Å²) in [7, 11) is -3.59. The zero-order valence-corrected chi connectivity index (χ0v) is 15.3. The van der Waals surface area contributed by atoms with Crippen molar-refractivity contribution in [1.82, 2.24) is 10.5 Å². The highest BCUT2D eigenvalue weighted by Crippen LogP contribution is 2.26. The van der Waals surface area contributed by atoms with Gasteiger partial charge in [-0.15, -0.1) is 0 Å². The lowest BCUT2D eigenvalue weighted by atomic mass is 9.96. The molecule has 2 N–H and O–H groups in total. The monoisotopic (exact) mass is 392 g/mol. The normalized spacial score (nSPS) is 20.0. The fourth-order valence-electron chi connectivity index (χ4n) is 2.92. The van der Waals surface area contributed by atoms with E-state index in [0.29, 0.717) is 17.9 Å². The first-order valence-corrected chi connectivity index (χ1v) is 10.1. The molecule has 0 aliphatic carbocycles. The standard InChI is InChI=1S/C18H20N2O6S/c21-18(20-22)13-7-10-25-16(11-13)12-27(23,24)17-3-1-14(2-4-17)26-15-5-8-19-9-6-15/h1-6,8-9,13,16,22H,7,10-12H2,(H,20,21). The van der Waals surface area contributed by atoms with Gasteiger partial charge in [0.2, 0.25) is 5.91 Å². The summed E-state index contributed by atoms with van der Waals surface area (Å²) in [6, 6.07) is 9.52. The summed E-state index contributed by atoms with van der Waals surface area (Å²) in [6.07, 6.45) is 3.29. The molecule has 3 rings (SSSR count). The van der Waals surface area contributed by atoms with E-state index >= 15 is 0 Å². The van der Waals surface area contributed by atoms with E-state index in [-0.39, 0.29) is 23.7 Å². The van der Waals surface area contributed by atoms with Crippen molar-refractivity contribution in [2.24, 2.45) is 5.92 Å². The molecule has 1 saturated heterocycles. The molecule has 1 fully saturated rings. The van der Waals surface area contributed by atoms with Crippen LogP contribution in [-0.2, 0) is 19.4 Å². The maximum atomic E-state index is 12.6. The summed E-state index contributed by atoms with van der Waals surface area (Å²) in [5.41, 5.74) is 1.61. The highest BCUT2D eigenvalue weighted by atomic mass is 32.2. The number of carbonyl (C=O) groups is 1. The van der Waals surface area contributed by atoms with Gasteiger partial charge in [-0.25, -0.2) is 13.9 Å². The molecule has 2 aromatic rings. The molecule has 2 unspecified atom stereocenters. The molecule has 27 heavy (non-hydrogen) atoms. The van der Waals surface area contributed by atoms with Gasteiger partial charge in [0, 0.05) is 24.9 Å². The van der Waals surface area contributed by atoms with Crippen LogP contribution in [0, 0.1) is 5.92 Å². The highest BCUT2D eigenvalue weighted by molar-refractivity contribution is 7.91. The molecule has 0 spiro atoms. The number of nitrogens with zero attached hydrogens (tertiary/aromatic N) is 1. The fraction of sp³-hybridized carbons (Fsp3) is 0.333. The Hall–Kier alpha value is -2.49. The Morgan fingerprint density at radius 3 is 2.52 bits per heavy atom. The van der Waals surface area contributed by atoms with Crippen LogP contribution in [0.15, 0.2) is 53.7 Å². The average Bonchev–Trinajstić information content (AvgIpc) is 2.68. The van der Waals surface area contributed by atoms with E-state index in [9.17, 15) is 13.2 Å². The van der Waals surface area contributed by atoms with Gasteiger partial charge >= 0.3 is 0 Å². The molecule has 1 aromatic heterocycles. The first kappa shape index (κ1) is 19.3. The Kier molecular flexibility index (Phi) is 6.04. The molecule has 8 nitrogen and oxygen atoms in total. The first-order chi connectivity index (χ1) is 13.0. The summed E-state index contributed by atoms with van der Waals surface area (Å²) in [4.78, 5) is 15.6. The van der Waals surface area contributed by atoms with Gasteiger partial charge in [0.05, 0.1) is 16.8 Å². The number of hydroxylamine groups is 1. The second-order valence-corrected chi connectivity index (χ2v) is 8.26. The lowest BCUT2D eigenvalue weighted by Crippen LogP contribution is -2.38. The number of amides is 1. The average molecular weight is 392 g/mol. The molecule has 1 aliphatic rings. The van der Waals surface area contributed by atoms with Gasteiger partial charge in [0.1, 0.15) is 11.5 Å². The predicted molar refractivity (Wildman–Crippen MR) is 95.2 cm³/mol. The third-order valence-electron chi connectivity index (χ3n) is 4.32. The van der Waals surface area contributed by atoms with Crippen LogP contribution in [0.5, 0.6) is 11.5 Å². The smallest absolute Gasteiger partial charge is 0.246 e. The third-order valence-corrected chi connectivity index (χ3v) is 6.12. The Morgan fingerprint density at radius 1 is 1.19 bits per heavy atom. The van der Waals surface area contributed by atoms with Crippen LogP contribution in [0.4, 0.5) is 0 Å². The van der Waals surface area contributed by atoms with E-state index in [2.05, 4.69) is 4.98 Å². The quantitative estimate of drug-likeness (QED) is 0.570. The number of rotatable bonds is 6. The van der Waals surface area contributed by atoms with Gasteiger partial charge in [0.25, 0.3) is 0 Å². The van der Waals surface area contributed by atoms with Gasteiger partial charge < -0.3 is 9.47 Å². The van der Waals surface area contributed by atoms with Crippen LogP contribution in [0.2, 0.25) is 0 Å². The van der Waals surface area contributed by atoms with Gasteiger partial charge in [-0.1, -0.05) is 0 Å². The molecule has 1 amide bonds. The molecule has 144 valence electrons. The van der Waals surface area contributed by atoms with E-state index in [1.165, 1.54) is 12.1 Å². The third kappa shape index (κ3) is 5.03. The van der Waals surface area contributed by atoms with E-state index in [1.54, 1.807) is 42.1 Å². The molecule has 0 radical (unpaired) electrons. The second-order valence-electron chi connectivity index (χ2n) is 6.23. The Morgan fingerprint density at radius 2 is 1.85 bits per heavy atom. The zero-order chi connectivity index (χ0) is 19.3. The zero-order valence-electron chi connectivity index (χ0n) is 14.4. The molecule has 2 atom stereocenters. The van der Waals surface area contributed by atoms with Crippen LogP contribution in [0.3, 0.4) is 0 Å². The van der Waals surface area contributed by atoms with Crippen molar-refractivity contribution in [2.45, 2.75) is 23.8 Å². The summed E-state index contributed by atoms with van der Waals surface area (Å²) in [5.74, 6) is -0.0937. The van der Waals surface area contributed by atoms with Crippen LogP contribution in [0.1, 0.15) is 12.8 Å². The van der Waals surface area contributed by atoms with Crippen molar-refractivity contribution >= 4 is 15.7 Å². The maximum Gasteiger partial charge on any atom is 0.246 e. The molecule has 0 saturated carbocycles. The molecule has 2 heterocycles. The van der Waals surface area contributed by atoms with Crippen molar-refractivity contribution in [3.05, 3.63) is 48.8 Å². The summed E-state index contributed by atoms with van der Waals surface area (Å²) < 4.78 is 36.4. The first-order valence-electron chi connectivity index (χ1n) is 8.44. The molecular formula is C18H20N2O6S. The fourth-order valence-corrected chi connectivity index (χ4v) is 4.39. The van der Waals surface area contributed by atoms with Gasteiger partial charge in [-0.2, -0.15) is 0 Å². The SMILES string of the molecule is O=C(NO)C1CCOC(CS(=O)(=O)c2ccc(Oc3ccncc3)cc2)C1. The molecule has 1 aliphatic heterocycles. The maximum absolute atomic E-state index is 12.6. The highest BCUT2D eigenvalue weighted by Gasteiger charge is 2.31. The second kappa shape index (κ2) is 8.47. The van der Waals surface area contributed by atoms with Crippen molar-refractivity contribution in [3.8, 4) is 11.5 Å². The van der Waals surface area contributed by atoms with Crippen LogP contribution in [0.25, 0.3) is 0 Å². The Bertz CT molecular complexity index is 870.